The number of carboxylic acid groups (broad SMARTS) is 1. The SMILES string of the molecule is C#CCN(c1ccc(NS(=O)(=O)c2ccc3c(c2)CCO3)c2ccccc12)[C@@H](C)CC(=O)O.C#CCN(c1ccc(NS(=O)(=O)c2ccc3c(c2)CCO3)c2ccccc12)[C@@H](C)CC(=O)OC.[Li+].[OH-]. The molecule has 4 N–H and O–H groups in total. The van der Waals surface area contributed by atoms with Crippen molar-refractivity contribution in [3.05, 3.63) is 120 Å². The maximum atomic E-state index is 13.2. The van der Waals surface area contributed by atoms with Crippen molar-refractivity contribution >= 4 is 76.3 Å². The third-order valence-electron chi connectivity index (χ3n) is 11.6. The Morgan fingerprint density at radius 3 is 1.46 bits per heavy atom. The summed E-state index contributed by atoms with van der Waals surface area (Å²) in [5, 5.41) is 12.2. The number of fused-ring (bicyclic) bond motifs is 4. The molecule has 6 aromatic carbocycles. The molecule has 0 aromatic heterocycles. The van der Waals surface area contributed by atoms with Gasteiger partial charge in [0.15, 0.2) is 0 Å². The molecule has 0 fully saturated rings. The zero-order valence-corrected chi connectivity index (χ0v) is 40.3. The van der Waals surface area contributed by atoms with E-state index in [4.69, 9.17) is 27.1 Å². The molecule has 69 heavy (non-hydrogen) atoms. The maximum Gasteiger partial charge on any atom is 1.00 e. The number of rotatable bonds is 16. The van der Waals surface area contributed by atoms with Crippen LogP contribution in [-0.2, 0) is 47.2 Å². The van der Waals surface area contributed by atoms with Gasteiger partial charge in [-0.1, -0.05) is 60.4 Å². The van der Waals surface area contributed by atoms with Crippen molar-refractivity contribution in [2.75, 3.05) is 52.7 Å². The average molecular weight is 967 g/mol. The number of nitrogens with one attached hydrogen (secondary N) is 2. The van der Waals surface area contributed by atoms with Crippen molar-refractivity contribution in [3.63, 3.8) is 0 Å². The summed E-state index contributed by atoms with van der Waals surface area (Å²) in [6, 6.07) is 31.0. The topological polar surface area (TPSA) is 211 Å². The zero-order valence-electron chi connectivity index (χ0n) is 38.6. The van der Waals surface area contributed by atoms with E-state index in [0.717, 1.165) is 44.4 Å². The number of hydrogen-bond acceptors (Lipinski definition) is 12. The second-order valence-corrected chi connectivity index (χ2v) is 19.4. The Hall–Kier alpha value is -6.84. The molecule has 2 heterocycles. The number of esters is 1. The molecule has 6 aromatic rings. The number of methoxy groups -OCH3 is 1. The van der Waals surface area contributed by atoms with Crippen LogP contribution in [0.2, 0.25) is 0 Å². The Balaban J connectivity index is 0.000000250. The van der Waals surface area contributed by atoms with Crippen molar-refractivity contribution in [3.8, 4) is 36.2 Å². The van der Waals surface area contributed by atoms with E-state index < -0.39 is 26.0 Å². The molecule has 0 radical (unpaired) electrons. The number of benzene rings is 6. The third kappa shape index (κ3) is 12.1. The van der Waals surface area contributed by atoms with Gasteiger partial charge in [-0.25, -0.2) is 16.8 Å². The van der Waals surface area contributed by atoms with Gasteiger partial charge in [-0.15, -0.1) is 12.8 Å². The van der Waals surface area contributed by atoms with Gasteiger partial charge in [0.1, 0.15) is 11.5 Å². The third-order valence-corrected chi connectivity index (χ3v) is 14.3. The molecule has 0 amide bonds. The largest absolute Gasteiger partial charge is 1.00 e. The van der Waals surface area contributed by atoms with Gasteiger partial charge in [0, 0.05) is 57.8 Å². The van der Waals surface area contributed by atoms with Crippen molar-refractivity contribution in [1.29, 1.82) is 0 Å². The smallest absolute Gasteiger partial charge is 0.870 e. The minimum absolute atomic E-state index is 0. The second-order valence-electron chi connectivity index (χ2n) is 16.0. The number of carbonyl (C=O) groups is 2. The molecule has 0 saturated heterocycles. The molecule has 15 nitrogen and oxygen atoms in total. The molecule has 0 unspecified atom stereocenters. The fourth-order valence-electron chi connectivity index (χ4n) is 8.26. The standard InChI is InChI=1S/C26H26N2O5S.C25H24N2O5S.Li.H2O/c1-4-14-28(18(2)16-26(29)32-3)24-11-10-23(21-7-5-6-8-22(21)24)27-34(30,31)20-9-12-25-19(17-20)13-15-33-25;1-3-13-27(17(2)15-25(28)29)23-10-9-22(20-6-4-5-7-21(20)23)26-33(30,31)19-8-11-24-18(16-19)12-14-32-24;;/h1,5-12,17-18,27H,13-16H2,2-3H3;1,4-11,16-17,26H,12-15H2,2H3,(H,28,29);;1H2/q;;+1;/p-1/t18-;17-;;/m00../s1. The fraction of sp³-hybridized carbons (Fsp3) is 0.255. The first-order valence-corrected chi connectivity index (χ1v) is 24.4. The van der Waals surface area contributed by atoms with Gasteiger partial charge < -0.3 is 34.6 Å². The van der Waals surface area contributed by atoms with E-state index in [1.807, 2.05) is 71.3 Å². The van der Waals surface area contributed by atoms with Gasteiger partial charge in [-0.3, -0.25) is 19.0 Å². The normalized spacial score (nSPS) is 13.1. The van der Waals surface area contributed by atoms with Gasteiger partial charge in [-0.2, -0.15) is 0 Å². The van der Waals surface area contributed by atoms with Crippen LogP contribution < -0.4 is 47.6 Å². The molecule has 2 aliphatic heterocycles. The molecular formula is C51H51LiN4O11S2. The minimum Gasteiger partial charge on any atom is -0.870 e. The molecule has 18 heteroatoms. The van der Waals surface area contributed by atoms with E-state index in [1.165, 1.54) is 13.2 Å². The van der Waals surface area contributed by atoms with Crippen LogP contribution in [0.3, 0.4) is 0 Å². The first-order valence-electron chi connectivity index (χ1n) is 21.4. The average Bonchev–Trinajstić information content (AvgIpc) is 4.00. The summed E-state index contributed by atoms with van der Waals surface area (Å²) in [4.78, 5) is 27.3. The molecule has 0 saturated carbocycles. The van der Waals surface area contributed by atoms with E-state index in [-0.39, 0.29) is 78.1 Å². The number of aliphatic carboxylic acids is 1. The minimum atomic E-state index is -3.83. The molecular weight excluding hydrogens is 916 g/mol. The van der Waals surface area contributed by atoms with E-state index >= 15 is 0 Å². The number of terminal acetylenes is 2. The summed E-state index contributed by atoms with van der Waals surface area (Å²) in [6.45, 7) is 5.31. The van der Waals surface area contributed by atoms with E-state index in [2.05, 4.69) is 21.3 Å². The number of carbonyl (C=O) groups excluding carboxylic acids is 1. The molecule has 2 atom stereocenters. The Kier molecular flexibility index (Phi) is 17.7. The van der Waals surface area contributed by atoms with Crippen LogP contribution in [0.4, 0.5) is 22.7 Å². The number of nitrogens with zero attached hydrogens (tertiary/aromatic N) is 2. The molecule has 0 aliphatic carbocycles. The first kappa shape index (κ1) is 53.1. The van der Waals surface area contributed by atoms with Crippen molar-refractivity contribution in [2.24, 2.45) is 0 Å². The quantitative estimate of drug-likeness (QED) is 0.0685. The zero-order chi connectivity index (χ0) is 47.9. The van der Waals surface area contributed by atoms with Crippen LogP contribution in [0.5, 0.6) is 11.5 Å². The summed E-state index contributed by atoms with van der Waals surface area (Å²) >= 11 is 0. The first-order chi connectivity index (χ1) is 32.1. The summed E-state index contributed by atoms with van der Waals surface area (Å²) in [6.07, 6.45) is 12.6. The second kappa shape index (κ2) is 23.0. The number of hydrogen-bond donors (Lipinski definition) is 3. The Bertz CT molecular complexity index is 3170. The number of anilines is 4. The fourth-order valence-corrected chi connectivity index (χ4v) is 10.5. The number of carboxylic acids is 1. The van der Waals surface area contributed by atoms with E-state index in [1.54, 1.807) is 55.5 Å². The maximum absolute atomic E-state index is 13.2. The van der Waals surface area contributed by atoms with Crippen molar-refractivity contribution in [2.45, 2.75) is 61.4 Å². The van der Waals surface area contributed by atoms with Crippen LogP contribution >= 0.6 is 0 Å². The van der Waals surface area contributed by atoms with Gasteiger partial charge in [0.2, 0.25) is 0 Å². The predicted octanol–water partition coefficient (Wildman–Crippen LogP) is 4.67. The van der Waals surface area contributed by atoms with Crippen LogP contribution in [0.1, 0.15) is 37.8 Å². The van der Waals surface area contributed by atoms with Crippen LogP contribution in [0, 0.1) is 24.7 Å². The van der Waals surface area contributed by atoms with Crippen molar-refractivity contribution < 1.29 is 70.1 Å². The van der Waals surface area contributed by atoms with Crippen LogP contribution in [0.25, 0.3) is 21.5 Å². The van der Waals surface area contributed by atoms with E-state index in [9.17, 15) is 31.5 Å². The number of sulfonamides is 2. The molecule has 8 rings (SSSR count). The Morgan fingerprint density at radius 1 is 0.667 bits per heavy atom. The molecule has 0 spiro atoms. The van der Waals surface area contributed by atoms with Crippen LogP contribution in [0.15, 0.2) is 119 Å². The molecule has 354 valence electrons. The van der Waals surface area contributed by atoms with Gasteiger partial charge >= 0.3 is 30.8 Å². The summed E-state index contributed by atoms with van der Waals surface area (Å²) in [7, 11) is -6.30. The van der Waals surface area contributed by atoms with Gasteiger partial charge in [0.25, 0.3) is 20.0 Å². The van der Waals surface area contributed by atoms with Gasteiger partial charge in [0.05, 0.1) is 67.4 Å². The van der Waals surface area contributed by atoms with E-state index in [0.29, 0.717) is 48.6 Å². The monoisotopic (exact) mass is 966 g/mol. The van der Waals surface area contributed by atoms with Crippen LogP contribution in [-0.4, -0.2) is 84.9 Å². The summed E-state index contributed by atoms with van der Waals surface area (Å²) in [5.74, 6) is 5.43. The summed E-state index contributed by atoms with van der Waals surface area (Å²) < 4.78 is 73.9. The molecule has 2 aliphatic rings. The Morgan fingerprint density at radius 2 is 1.07 bits per heavy atom. The number of ether oxygens (including phenoxy) is 3. The Labute approximate surface area is 414 Å². The van der Waals surface area contributed by atoms with Gasteiger partial charge in [-0.05, 0) is 85.6 Å². The van der Waals surface area contributed by atoms with Crippen molar-refractivity contribution in [1.82, 2.24) is 0 Å². The summed E-state index contributed by atoms with van der Waals surface area (Å²) in [5.41, 5.74) is 4.19. The predicted molar refractivity (Wildman–Crippen MR) is 263 cm³/mol. The molecule has 0 bridgehead atoms.